The molecule has 24 heavy (non-hydrogen) atoms. The average molecular weight is 338 g/mol. The lowest BCUT2D eigenvalue weighted by atomic mass is 10.1. The molecule has 136 valence electrons. The molecule has 0 radical (unpaired) electrons. The molecule has 6 nitrogen and oxygen atoms in total. The number of nitrogens with one attached hydrogen (secondary N) is 1. The number of hydrogen-bond acceptors (Lipinski definition) is 5. The third kappa shape index (κ3) is 12.0. The van der Waals surface area contributed by atoms with Crippen molar-refractivity contribution >= 4 is 5.91 Å². The molecule has 0 aromatic heterocycles. The molecular weight excluding hydrogens is 308 g/mol. The molecule has 0 spiro atoms. The number of amides is 1. The van der Waals surface area contributed by atoms with Crippen LogP contribution in [0.15, 0.2) is 30.3 Å². The fraction of sp³-hybridized carbons (Fsp3) is 0.611. The number of carbonyl (C=O) groups excluding carboxylic acids is 1. The molecule has 0 bridgehead atoms. The van der Waals surface area contributed by atoms with Gasteiger partial charge in [0.15, 0.2) is 0 Å². The fourth-order valence-electron chi connectivity index (χ4n) is 2.07. The third-order valence-corrected chi connectivity index (χ3v) is 3.29. The first kappa shape index (κ1) is 20.6. The van der Waals surface area contributed by atoms with Gasteiger partial charge in [0.25, 0.3) is 0 Å². The number of rotatable bonds is 15. The van der Waals surface area contributed by atoms with Gasteiger partial charge in [0.1, 0.15) is 0 Å². The van der Waals surface area contributed by atoms with E-state index in [9.17, 15) is 4.79 Å². The standard InChI is InChI=1S/C18H30N2O4/c19-9-11-22-13-15-24-16-14-23-12-10-20-18(21)8-4-7-17-5-2-1-3-6-17/h1-3,5-6H,4,7-16,19H2,(H,20,21). The van der Waals surface area contributed by atoms with Gasteiger partial charge < -0.3 is 25.3 Å². The number of hydrogen-bond donors (Lipinski definition) is 2. The van der Waals surface area contributed by atoms with E-state index in [-0.39, 0.29) is 5.91 Å². The molecular formula is C18H30N2O4. The first-order valence-corrected chi connectivity index (χ1v) is 8.57. The Morgan fingerprint density at radius 3 is 2.21 bits per heavy atom. The van der Waals surface area contributed by atoms with Crippen molar-refractivity contribution in [2.45, 2.75) is 19.3 Å². The second kappa shape index (κ2) is 15.1. The van der Waals surface area contributed by atoms with E-state index < -0.39 is 0 Å². The van der Waals surface area contributed by atoms with E-state index in [1.807, 2.05) is 18.2 Å². The van der Waals surface area contributed by atoms with E-state index in [2.05, 4.69) is 17.4 Å². The van der Waals surface area contributed by atoms with E-state index in [0.717, 1.165) is 12.8 Å². The molecule has 6 heteroatoms. The molecule has 0 fully saturated rings. The van der Waals surface area contributed by atoms with Gasteiger partial charge >= 0.3 is 0 Å². The monoisotopic (exact) mass is 338 g/mol. The largest absolute Gasteiger partial charge is 0.378 e. The highest BCUT2D eigenvalue weighted by atomic mass is 16.5. The number of benzene rings is 1. The number of ether oxygens (including phenoxy) is 3. The summed E-state index contributed by atoms with van der Waals surface area (Å²) < 4.78 is 15.9. The van der Waals surface area contributed by atoms with E-state index >= 15 is 0 Å². The van der Waals surface area contributed by atoms with Gasteiger partial charge in [0.05, 0.1) is 39.6 Å². The molecule has 0 saturated carbocycles. The molecule has 0 aliphatic carbocycles. The smallest absolute Gasteiger partial charge is 0.220 e. The summed E-state index contributed by atoms with van der Waals surface area (Å²) in [4.78, 5) is 11.7. The summed E-state index contributed by atoms with van der Waals surface area (Å²) in [6.45, 7) is 4.25. The molecule has 0 aliphatic rings. The van der Waals surface area contributed by atoms with Gasteiger partial charge in [-0.05, 0) is 18.4 Å². The Hall–Kier alpha value is -1.47. The summed E-state index contributed by atoms with van der Waals surface area (Å²) in [5.41, 5.74) is 6.56. The van der Waals surface area contributed by atoms with Crippen LogP contribution >= 0.6 is 0 Å². The molecule has 0 atom stereocenters. The Morgan fingerprint density at radius 2 is 1.54 bits per heavy atom. The lowest BCUT2D eigenvalue weighted by Gasteiger charge is -2.07. The van der Waals surface area contributed by atoms with Crippen molar-refractivity contribution in [3.63, 3.8) is 0 Å². The summed E-state index contributed by atoms with van der Waals surface area (Å²) in [6.07, 6.45) is 2.33. The zero-order valence-corrected chi connectivity index (χ0v) is 14.4. The number of carbonyl (C=O) groups is 1. The SMILES string of the molecule is NCCOCCOCCOCCNC(=O)CCCc1ccccc1. The van der Waals surface area contributed by atoms with Crippen LogP contribution in [0, 0.1) is 0 Å². The van der Waals surface area contributed by atoms with Crippen molar-refractivity contribution < 1.29 is 19.0 Å². The summed E-state index contributed by atoms with van der Waals surface area (Å²) in [7, 11) is 0. The highest BCUT2D eigenvalue weighted by Gasteiger charge is 2.01. The Morgan fingerprint density at radius 1 is 0.917 bits per heavy atom. The molecule has 3 N–H and O–H groups in total. The maximum absolute atomic E-state index is 11.7. The maximum Gasteiger partial charge on any atom is 0.220 e. The van der Waals surface area contributed by atoms with Gasteiger partial charge in [-0.1, -0.05) is 30.3 Å². The van der Waals surface area contributed by atoms with Crippen LogP contribution in [-0.2, 0) is 25.4 Å². The maximum atomic E-state index is 11.7. The van der Waals surface area contributed by atoms with Crippen LogP contribution in [0.2, 0.25) is 0 Å². The minimum absolute atomic E-state index is 0.0721. The van der Waals surface area contributed by atoms with Crippen LogP contribution in [0.5, 0.6) is 0 Å². The van der Waals surface area contributed by atoms with Gasteiger partial charge in [0, 0.05) is 19.5 Å². The van der Waals surface area contributed by atoms with E-state index in [4.69, 9.17) is 19.9 Å². The lowest BCUT2D eigenvalue weighted by molar-refractivity contribution is -0.121. The molecule has 0 unspecified atom stereocenters. The van der Waals surface area contributed by atoms with Crippen molar-refractivity contribution in [3.05, 3.63) is 35.9 Å². The van der Waals surface area contributed by atoms with Crippen LogP contribution in [0.3, 0.4) is 0 Å². The number of nitrogens with two attached hydrogens (primary N) is 1. The van der Waals surface area contributed by atoms with Gasteiger partial charge in [0.2, 0.25) is 5.91 Å². The summed E-state index contributed by atoms with van der Waals surface area (Å²) >= 11 is 0. The predicted octanol–water partition coefficient (Wildman–Crippen LogP) is 1.13. The van der Waals surface area contributed by atoms with Crippen molar-refractivity contribution in [1.82, 2.24) is 5.32 Å². The second-order valence-electron chi connectivity index (χ2n) is 5.31. The quantitative estimate of drug-likeness (QED) is 0.469. The zero-order valence-electron chi connectivity index (χ0n) is 14.4. The predicted molar refractivity (Wildman–Crippen MR) is 93.9 cm³/mol. The van der Waals surface area contributed by atoms with Gasteiger partial charge in [-0.15, -0.1) is 0 Å². The third-order valence-electron chi connectivity index (χ3n) is 3.29. The van der Waals surface area contributed by atoms with E-state index in [1.165, 1.54) is 5.56 Å². The Labute approximate surface area is 144 Å². The molecule has 0 heterocycles. The topological polar surface area (TPSA) is 82.8 Å². The molecule has 0 saturated heterocycles. The summed E-state index contributed by atoms with van der Waals surface area (Å²) in [5, 5.41) is 2.86. The van der Waals surface area contributed by atoms with Gasteiger partial charge in [-0.2, -0.15) is 0 Å². The lowest BCUT2D eigenvalue weighted by Crippen LogP contribution is -2.27. The molecule has 1 aromatic carbocycles. The number of aryl methyl sites for hydroxylation is 1. The van der Waals surface area contributed by atoms with Crippen molar-refractivity contribution in [1.29, 1.82) is 0 Å². The van der Waals surface area contributed by atoms with Crippen LogP contribution < -0.4 is 11.1 Å². The van der Waals surface area contributed by atoms with Crippen LogP contribution in [0.4, 0.5) is 0 Å². The normalized spacial score (nSPS) is 10.7. The fourth-order valence-corrected chi connectivity index (χ4v) is 2.07. The molecule has 1 aromatic rings. The molecule has 1 amide bonds. The van der Waals surface area contributed by atoms with Gasteiger partial charge in [-0.3, -0.25) is 4.79 Å². The average Bonchev–Trinajstić information content (AvgIpc) is 2.60. The van der Waals surface area contributed by atoms with Crippen LogP contribution in [-0.4, -0.2) is 58.6 Å². The molecule has 0 aliphatic heterocycles. The Kier molecular flexibility index (Phi) is 12.9. The summed E-state index contributed by atoms with van der Waals surface area (Å²) in [5.74, 6) is 0.0721. The van der Waals surface area contributed by atoms with Crippen LogP contribution in [0.25, 0.3) is 0 Å². The van der Waals surface area contributed by atoms with Crippen LogP contribution in [0.1, 0.15) is 18.4 Å². The minimum Gasteiger partial charge on any atom is -0.378 e. The Balaban J connectivity index is 1.82. The zero-order chi connectivity index (χ0) is 17.3. The first-order chi connectivity index (χ1) is 11.8. The Bertz CT molecular complexity index is 415. The van der Waals surface area contributed by atoms with E-state index in [1.54, 1.807) is 0 Å². The molecule has 1 rings (SSSR count). The van der Waals surface area contributed by atoms with Gasteiger partial charge in [-0.25, -0.2) is 0 Å². The summed E-state index contributed by atoms with van der Waals surface area (Å²) in [6, 6.07) is 10.2. The highest BCUT2D eigenvalue weighted by molar-refractivity contribution is 5.75. The van der Waals surface area contributed by atoms with Crippen molar-refractivity contribution in [3.8, 4) is 0 Å². The van der Waals surface area contributed by atoms with Crippen molar-refractivity contribution in [2.75, 3.05) is 52.7 Å². The first-order valence-electron chi connectivity index (χ1n) is 8.57. The highest BCUT2D eigenvalue weighted by Crippen LogP contribution is 2.04. The second-order valence-corrected chi connectivity index (χ2v) is 5.31. The van der Waals surface area contributed by atoms with Crippen molar-refractivity contribution in [2.24, 2.45) is 5.73 Å². The minimum atomic E-state index is 0.0721. The van der Waals surface area contributed by atoms with E-state index in [0.29, 0.717) is 59.2 Å².